The van der Waals surface area contributed by atoms with Crippen molar-refractivity contribution in [1.29, 1.82) is 0 Å². The van der Waals surface area contributed by atoms with Crippen LogP contribution in [0.2, 0.25) is 5.02 Å². The standard InChI is InChI=1S/C12H12ClN3O3S/c13-10-3-7(9-4-15-16-12(9)14)1-2-11(10)20(17,18)8-5-19-6-8/h1-4,8H,5-6H2,(H3,14,15,16). The molecule has 0 unspecified atom stereocenters. The molecule has 1 aliphatic rings. The molecule has 0 spiro atoms. The van der Waals surface area contributed by atoms with E-state index in [-0.39, 0.29) is 23.1 Å². The first-order valence-corrected chi connectivity index (χ1v) is 7.83. The van der Waals surface area contributed by atoms with Gasteiger partial charge in [-0.1, -0.05) is 17.7 Å². The molecule has 106 valence electrons. The highest BCUT2D eigenvalue weighted by Gasteiger charge is 2.35. The summed E-state index contributed by atoms with van der Waals surface area (Å²) in [4.78, 5) is 0.123. The number of hydrogen-bond acceptors (Lipinski definition) is 5. The lowest BCUT2D eigenvalue weighted by Gasteiger charge is -2.26. The number of nitrogens with two attached hydrogens (primary N) is 1. The van der Waals surface area contributed by atoms with E-state index in [0.717, 1.165) is 0 Å². The number of nitrogens with one attached hydrogen (secondary N) is 1. The number of H-pyrrole nitrogens is 1. The Morgan fingerprint density at radius 3 is 2.65 bits per heavy atom. The number of hydrogen-bond donors (Lipinski definition) is 2. The second-order valence-electron chi connectivity index (χ2n) is 4.55. The van der Waals surface area contributed by atoms with Gasteiger partial charge in [-0.3, -0.25) is 5.10 Å². The lowest BCUT2D eigenvalue weighted by molar-refractivity contribution is 0.0416. The molecule has 1 aromatic carbocycles. The Kier molecular flexibility index (Phi) is 3.19. The third kappa shape index (κ3) is 2.07. The van der Waals surface area contributed by atoms with E-state index in [1.54, 1.807) is 18.3 Å². The fourth-order valence-electron chi connectivity index (χ4n) is 2.00. The Balaban J connectivity index is 2.02. The van der Waals surface area contributed by atoms with Crippen LogP contribution in [0.3, 0.4) is 0 Å². The van der Waals surface area contributed by atoms with Crippen LogP contribution in [0.25, 0.3) is 11.1 Å². The maximum atomic E-state index is 12.3. The Bertz CT molecular complexity index is 753. The molecule has 1 saturated heterocycles. The fraction of sp³-hybridized carbons (Fsp3) is 0.250. The summed E-state index contributed by atoms with van der Waals surface area (Å²) in [6.07, 6.45) is 1.56. The van der Waals surface area contributed by atoms with E-state index in [2.05, 4.69) is 10.2 Å². The Hall–Kier alpha value is -1.57. The summed E-state index contributed by atoms with van der Waals surface area (Å²) >= 11 is 6.12. The van der Waals surface area contributed by atoms with Crippen LogP contribution in [0.1, 0.15) is 0 Å². The number of aromatic amines is 1. The third-order valence-electron chi connectivity index (χ3n) is 3.26. The molecule has 1 aromatic heterocycles. The van der Waals surface area contributed by atoms with E-state index >= 15 is 0 Å². The minimum atomic E-state index is -3.44. The first-order chi connectivity index (χ1) is 9.50. The third-order valence-corrected chi connectivity index (χ3v) is 5.81. The predicted molar refractivity (Wildman–Crippen MR) is 75.2 cm³/mol. The summed E-state index contributed by atoms with van der Waals surface area (Å²) in [7, 11) is -3.44. The van der Waals surface area contributed by atoms with E-state index in [1.165, 1.54) is 6.07 Å². The molecule has 8 heteroatoms. The van der Waals surface area contributed by atoms with Crippen LogP contribution in [0.15, 0.2) is 29.3 Å². The monoisotopic (exact) mass is 313 g/mol. The minimum Gasteiger partial charge on any atom is -0.384 e. The quantitative estimate of drug-likeness (QED) is 0.894. The number of nitrogen functional groups attached to an aromatic ring is 1. The van der Waals surface area contributed by atoms with Crippen molar-refractivity contribution in [2.45, 2.75) is 10.1 Å². The zero-order valence-electron chi connectivity index (χ0n) is 10.3. The van der Waals surface area contributed by atoms with Crippen LogP contribution in [-0.2, 0) is 14.6 Å². The molecule has 6 nitrogen and oxygen atoms in total. The molecule has 0 atom stereocenters. The van der Waals surface area contributed by atoms with Crippen molar-refractivity contribution in [2.24, 2.45) is 0 Å². The number of halogens is 1. The fourth-order valence-corrected chi connectivity index (χ4v) is 4.00. The number of ether oxygens (including phenoxy) is 1. The largest absolute Gasteiger partial charge is 0.384 e. The Labute approximate surface area is 120 Å². The van der Waals surface area contributed by atoms with Gasteiger partial charge in [-0.2, -0.15) is 5.10 Å². The van der Waals surface area contributed by atoms with Crippen molar-refractivity contribution >= 4 is 27.3 Å². The molecule has 1 fully saturated rings. The molecule has 20 heavy (non-hydrogen) atoms. The van der Waals surface area contributed by atoms with E-state index in [1.807, 2.05) is 0 Å². The SMILES string of the molecule is Nc1[nH]ncc1-c1ccc(S(=O)(=O)C2COC2)c(Cl)c1. The van der Waals surface area contributed by atoms with Crippen LogP contribution >= 0.6 is 11.6 Å². The van der Waals surface area contributed by atoms with E-state index in [0.29, 0.717) is 16.9 Å². The van der Waals surface area contributed by atoms with Gasteiger partial charge in [-0.05, 0) is 17.7 Å². The number of rotatable bonds is 3. The van der Waals surface area contributed by atoms with Gasteiger partial charge in [0.25, 0.3) is 0 Å². The molecule has 3 N–H and O–H groups in total. The summed E-state index contributed by atoms with van der Waals surface area (Å²) in [5, 5.41) is 6.11. The molecular formula is C12H12ClN3O3S. The van der Waals surface area contributed by atoms with Gasteiger partial charge in [0.1, 0.15) is 11.1 Å². The molecule has 2 heterocycles. The minimum absolute atomic E-state index is 0.123. The van der Waals surface area contributed by atoms with Crippen molar-refractivity contribution < 1.29 is 13.2 Å². The number of aromatic nitrogens is 2. The van der Waals surface area contributed by atoms with E-state index in [4.69, 9.17) is 22.1 Å². The maximum Gasteiger partial charge on any atom is 0.187 e. The zero-order chi connectivity index (χ0) is 14.3. The molecule has 3 rings (SSSR count). The van der Waals surface area contributed by atoms with Crippen LogP contribution in [0.5, 0.6) is 0 Å². The van der Waals surface area contributed by atoms with Crippen molar-refractivity contribution in [3.8, 4) is 11.1 Å². The van der Waals surface area contributed by atoms with Gasteiger partial charge in [-0.25, -0.2) is 8.42 Å². The molecule has 1 aliphatic heterocycles. The van der Waals surface area contributed by atoms with Gasteiger partial charge >= 0.3 is 0 Å². The lowest BCUT2D eigenvalue weighted by atomic mass is 10.1. The molecule has 0 aliphatic carbocycles. The Morgan fingerprint density at radius 2 is 2.15 bits per heavy atom. The molecule has 0 amide bonds. The maximum absolute atomic E-state index is 12.3. The Morgan fingerprint density at radius 1 is 1.40 bits per heavy atom. The molecule has 2 aromatic rings. The summed E-state index contributed by atoms with van der Waals surface area (Å²) in [5.74, 6) is 0.407. The normalized spacial score (nSPS) is 16.1. The van der Waals surface area contributed by atoms with Crippen LogP contribution in [0.4, 0.5) is 5.82 Å². The van der Waals surface area contributed by atoms with Crippen molar-refractivity contribution in [3.05, 3.63) is 29.4 Å². The highest BCUT2D eigenvalue weighted by Crippen LogP contribution is 2.33. The number of nitrogens with zero attached hydrogens (tertiary/aromatic N) is 1. The summed E-state index contributed by atoms with van der Waals surface area (Å²) in [6.45, 7) is 0.435. The topological polar surface area (TPSA) is 98.1 Å². The van der Waals surface area contributed by atoms with Gasteiger partial charge in [0, 0.05) is 5.56 Å². The number of anilines is 1. The summed E-state index contributed by atoms with van der Waals surface area (Å²) < 4.78 is 29.5. The first-order valence-electron chi connectivity index (χ1n) is 5.90. The lowest BCUT2D eigenvalue weighted by Crippen LogP contribution is -2.40. The molecule has 0 bridgehead atoms. The van der Waals surface area contributed by atoms with Crippen molar-refractivity contribution in [1.82, 2.24) is 10.2 Å². The smallest absolute Gasteiger partial charge is 0.187 e. The summed E-state index contributed by atoms with van der Waals surface area (Å²) in [5.41, 5.74) is 7.13. The van der Waals surface area contributed by atoms with Crippen molar-refractivity contribution in [3.63, 3.8) is 0 Å². The molecular weight excluding hydrogens is 302 g/mol. The van der Waals surface area contributed by atoms with Gasteiger partial charge in [0.05, 0.1) is 29.3 Å². The van der Waals surface area contributed by atoms with E-state index < -0.39 is 15.1 Å². The van der Waals surface area contributed by atoms with Crippen LogP contribution in [-0.4, -0.2) is 37.1 Å². The van der Waals surface area contributed by atoms with Gasteiger partial charge in [-0.15, -0.1) is 0 Å². The number of benzene rings is 1. The van der Waals surface area contributed by atoms with Crippen LogP contribution < -0.4 is 5.73 Å². The molecule has 0 radical (unpaired) electrons. The van der Waals surface area contributed by atoms with Gasteiger partial charge < -0.3 is 10.5 Å². The second-order valence-corrected chi connectivity index (χ2v) is 7.15. The first kappa shape index (κ1) is 13.4. The van der Waals surface area contributed by atoms with Crippen LogP contribution in [0, 0.1) is 0 Å². The highest BCUT2D eigenvalue weighted by molar-refractivity contribution is 7.92. The average molecular weight is 314 g/mol. The second kappa shape index (κ2) is 4.76. The van der Waals surface area contributed by atoms with E-state index in [9.17, 15) is 8.42 Å². The zero-order valence-corrected chi connectivity index (χ0v) is 11.9. The number of sulfone groups is 1. The predicted octanol–water partition coefficient (Wildman–Crippen LogP) is 1.48. The average Bonchev–Trinajstić information content (AvgIpc) is 2.71. The van der Waals surface area contributed by atoms with Gasteiger partial charge in [0.15, 0.2) is 9.84 Å². The molecule has 0 saturated carbocycles. The van der Waals surface area contributed by atoms with Crippen molar-refractivity contribution in [2.75, 3.05) is 18.9 Å². The summed E-state index contributed by atoms with van der Waals surface area (Å²) in [6, 6.07) is 4.74. The van der Waals surface area contributed by atoms with Gasteiger partial charge in [0.2, 0.25) is 0 Å². The highest BCUT2D eigenvalue weighted by atomic mass is 35.5.